The zero-order chi connectivity index (χ0) is 7.68. The molecular weight excluding hydrogens is 164 g/mol. The first-order valence-electron chi connectivity index (χ1n) is 3.14. The summed E-state index contributed by atoms with van der Waals surface area (Å²) in [6.45, 7) is 0.687. The standard InChI is InChI=1S/C6H6N2O2S/c9-6-4-5(7-11-6)8-2-1-3-10-8/h1,3-4,7H,2H2. The van der Waals surface area contributed by atoms with E-state index in [-0.39, 0.29) is 4.74 Å². The molecule has 1 aliphatic rings. The van der Waals surface area contributed by atoms with Crippen LogP contribution in [0.3, 0.4) is 0 Å². The zero-order valence-corrected chi connectivity index (χ0v) is 6.43. The first-order chi connectivity index (χ1) is 5.36. The van der Waals surface area contributed by atoms with Gasteiger partial charge in [0.2, 0.25) is 0 Å². The first-order valence-corrected chi connectivity index (χ1v) is 3.96. The SMILES string of the molecule is O=c1cc(N2CC=CO2)[nH]s1. The third-order valence-electron chi connectivity index (χ3n) is 1.34. The van der Waals surface area contributed by atoms with Gasteiger partial charge in [-0.3, -0.25) is 9.17 Å². The van der Waals surface area contributed by atoms with Gasteiger partial charge < -0.3 is 4.84 Å². The second kappa shape index (κ2) is 2.43. The van der Waals surface area contributed by atoms with Gasteiger partial charge in [-0.05, 0) is 17.6 Å². The van der Waals surface area contributed by atoms with E-state index in [1.807, 2.05) is 6.08 Å². The molecule has 0 bridgehead atoms. The van der Waals surface area contributed by atoms with Crippen molar-refractivity contribution in [3.05, 3.63) is 27.9 Å². The number of anilines is 1. The number of aromatic nitrogens is 1. The van der Waals surface area contributed by atoms with Gasteiger partial charge in [0, 0.05) is 6.07 Å². The van der Waals surface area contributed by atoms with Gasteiger partial charge in [-0.15, -0.1) is 0 Å². The van der Waals surface area contributed by atoms with Crippen molar-refractivity contribution in [2.45, 2.75) is 0 Å². The van der Waals surface area contributed by atoms with E-state index in [0.717, 1.165) is 11.5 Å². The summed E-state index contributed by atoms with van der Waals surface area (Å²) in [5.74, 6) is 0.713. The van der Waals surface area contributed by atoms with Gasteiger partial charge in [0.25, 0.3) is 4.74 Å². The van der Waals surface area contributed by atoms with Crippen LogP contribution in [0.5, 0.6) is 0 Å². The summed E-state index contributed by atoms with van der Waals surface area (Å²) >= 11 is 1.06. The van der Waals surface area contributed by atoms with Crippen LogP contribution in [0.4, 0.5) is 5.82 Å². The lowest BCUT2D eigenvalue weighted by Crippen LogP contribution is -2.16. The normalized spacial score (nSPS) is 15.5. The van der Waals surface area contributed by atoms with Crippen molar-refractivity contribution in [3.8, 4) is 0 Å². The maximum absolute atomic E-state index is 10.7. The topological polar surface area (TPSA) is 45.3 Å². The summed E-state index contributed by atoms with van der Waals surface area (Å²) in [5.41, 5.74) is 0. The van der Waals surface area contributed by atoms with Crippen LogP contribution in [-0.2, 0) is 4.84 Å². The molecule has 5 heteroatoms. The number of hydrogen-bond donors (Lipinski definition) is 1. The first kappa shape index (κ1) is 6.48. The Kier molecular flexibility index (Phi) is 1.43. The molecule has 0 atom stereocenters. The predicted molar refractivity (Wildman–Crippen MR) is 42.5 cm³/mol. The van der Waals surface area contributed by atoms with Crippen LogP contribution in [-0.4, -0.2) is 10.9 Å². The minimum absolute atomic E-state index is 0.00972. The summed E-state index contributed by atoms with van der Waals surface area (Å²) in [6.07, 6.45) is 3.46. The Hall–Kier alpha value is -1.23. The molecule has 0 aromatic carbocycles. The maximum Gasteiger partial charge on any atom is 0.251 e. The summed E-state index contributed by atoms with van der Waals surface area (Å²) < 4.78 is 2.85. The van der Waals surface area contributed by atoms with E-state index in [9.17, 15) is 4.79 Å². The molecule has 1 aliphatic heterocycles. The van der Waals surface area contributed by atoms with Gasteiger partial charge in [0.05, 0.1) is 6.54 Å². The van der Waals surface area contributed by atoms with Crippen LogP contribution in [0.25, 0.3) is 0 Å². The molecule has 0 radical (unpaired) electrons. The summed E-state index contributed by atoms with van der Waals surface area (Å²) in [6, 6.07) is 1.51. The van der Waals surface area contributed by atoms with Gasteiger partial charge in [-0.2, -0.15) is 5.06 Å². The highest BCUT2D eigenvalue weighted by molar-refractivity contribution is 7.03. The largest absolute Gasteiger partial charge is 0.386 e. The molecule has 2 rings (SSSR count). The highest BCUT2D eigenvalue weighted by Gasteiger charge is 2.10. The van der Waals surface area contributed by atoms with Crippen LogP contribution < -0.4 is 9.81 Å². The molecule has 1 N–H and O–H groups in total. The lowest BCUT2D eigenvalue weighted by molar-refractivity contribution is 0.244. The van der Waals surface area contributed by atoms with E-state index in [1.54, 1.807) is 11.3 Å². The fourth-order valence-corrected chi connectivity index (χ4v) is 1.39. The molecular formula is C6H6N2O2S. The minimum atomic E-state index is 0.00972. The Labute approximate surface area is 66.8 Å². The Morgan fingerprint density at radius 3 is 3.18 bits per heavy atom. The number of H-pyrrole nitrogens is 1. The lowest BCUT2D eigenvalue weighted by atomic mass is 10.5. The molecule has 0 fully saturated rings. The molecule has 2 heterocycles. The second-order valence-corrected chi connectivity index (χ2v) is 2.90. The van der Waals surface area contributed by atoms with Crippen LogP contribution >= 0.6 is 11.5 Å². The average molecular weight is 170 g/mol. The van der Waals surface area contributed by atoms with Crippen LogP contribution in [0.15, 0.2) is 23.2 Å². The van der Waals surface area contributed by atoms with Gasteiger partial charge in [-0.25, -0.2) is 0 Å². The zero-order valence-electron chi connectivity index (χ0n) is 5.61. The fraction of sp³-hybridized carbons (Fsp3) is 0.167. The van der Waals surface area contributed by atoms with Crippen molar-refractivity contribution < 1.29 is 4.84 Å². The second-order valence-electron chi connectivity index (χ2n) is 2.09. The Bertz CT molecular complexity index is 319. The predicted octanol–water partition coefficient (Wildman–Crippen LogP) is 0.702. The molecule has 1 aromatic rings. The molecule has 11 heavy (non-hydrogen) atoms. The number of rotatable bonds is 1. The number of hydrogen-bond acceptors (Lipinski definition) is 4. The Morgan fingerprint density at radius 1 is 1.73 bits per heavy atom. The van der Waals surface area contributed by atoms with E-state index in [2.05, 4.69) is 4.37 Å². The third kappa shape index (κ3) is 1.14. The van der Waals surface area contributed by atoms with Crippen molar-refractivity contribution in [1.29, 1.82) is 0 Å². The van der Waals surface area contributed by atoms with Crippen LogP contribution in [0.1, 0.15) is 0 Å². The summed E-state index contributed by atoms with van der Waals surface area (Å²) in [7, 11) is 0. The quantitative estimate of drug-likeness (QED) is 0.674. The molecule has 0 saturated heterocycles. The molecule has 4 nitrogen and oxygen atoms in total. The molecule has 0 unspecified atom stereocenters. The lowest BCUT2D eigenvalue weighted by Gasteiger charge is -2.12. The smallest absolute Gasteiger partial charge is 0.251 e. The summed E-state index contributed by atoms with van der Waals surface area (Å²) in [5, 5.41) is 1.61. The Morgan fingerprint density at radius 2 is 2.64 bits per heavy atom. The van der Waals surface area contributed by atoms with Gasteiger partial charge in [0.1, 0.15) is 6.26 Å². The van der Waals surface area contributed by atoms with Gasteiger partial charge in [-0.1, -0.05) is 0 Å². The molecule has 0 spiro atoms. The van der Waals surface area contributed by atoms with Crippen molar-refractivity contribution >= 4 is 17.4 Å². The van der Waals surface area contributed by atoms with E-state index >= 15 is 0 Å². The maximum atomic E-state index is 10.7. The van der Waals surface area contributed by atoms with Gasteiger partial charge >= 0.3 is 0 Å². The van der Waals surface area contributed by atoms with E-state index in [0.29, 0.717) is 12.4 Å². The highest BCUT2D eigenvalue weighted by Crippen LogP contribution is 2.13. The molecule has 1 aromatic heterocycles. The number of nitrogens with one attached hydrogen (secondary N) is 1. The van der Waals surface area contributed by atoms with E-state index in [4.69, 9.17) is 4.84 Å². The number of nitrogens with zero attached hydrogens (tertiary/aromatic N) is 1. The summed E-state index contributed by atoms with van der Waals surface area (Å²) in [4.78, 5) is 15.8. The van der Waals surface area contributed by atoms with E-state index < -0.39 is 0 Å². The van der Waals surface area contributed by atoms with Gasteiger partial charge in [0.15, 0.2) is 5.82 Å². The van der Waals surface area contributed by atoms with Crippen molar-refractivity contribution in [2.24, 2.45) is 0 Å². The molecule has 0 aliphatic carbocycles. The number of aromatic amines is 1. The number of hydroxylamine groups is 1. The molecule has 58 valence electrons. The highest BCUT2D eigenvalue weighted by atomic mass is 32.1. The van der Waals surface area contributed by atoms with Crippen molar-refractivity contribution in [3.63, 3.8) is 0 Å². The molecule has 0 saturated carbocycles. The van der Waals surface area contributed by atoms with Crippen molar-refractivity contribution in [2.75, 3.05) is 11.6 Å². The minimum Gasteiger partial charge on any atom is -0.386 e. The average Bonchev–Trinajstić information content (AvgIpc) is 2.55. The Balaban J connectivity index is 2.23. The van der Waals surface area contributed by atoms with Crippen LogP contribution in [0.2, 0.25) is 0 Å². The third-order valence-corrected chi connectivity index (χ3v) is 1.97. The fourth-order valence-electron chi connectivity index (χ4n) is 0.849. The molecule has 0 amide bonds. The monoisotopic (exact) mass is 170 g/mol. The van der Waals surface area contributed by atoms with Crippen molar-refractivity contribution in [1.82, 2.24) is 4.37 Å². The van der Waals surface area contributed by atoms with E-state index in [1.165, 1.54) is 6.07 Å². The van der Waals surface area contributed by atoms with Crippen LogP contribution in [0, 0.1) is 0 Å².